The Hall–Kier alpha value is -4.38. The van der Waals surface area contributed by atoms with Crippen molar-refractivity contribution in [2.75, 3.05) is 0 Å². The molecule has 0 spiro atoms. The van der Waals surface area contributed by atoms with E-state index in [1.165, 1.54) is 6.08 Å². The second kappa shape index (κ2) is 10.3. The van der Waals surface area contributed by atoms with E-state index in [4.69, 9.17) is 9.84 Å². The molecule has 5 heteroatoms. The van der Waals surface area contributed by atoms with Crippen LogP contribution in [0.5, 0.6) is 5.75 Å². The van der Waals surface area contributed by atoms with Gasteiger partial charge in [-0.15, -0.1) is 0 Å². The van der Waals surface area contributed by atoms with E-state index in [1.807, 2.05) is 78.9 Å². The fourth-order valence-electron chi connectivity index (χ4n) is 3.60. The van der Waals surface area contributed by atoms with Crippen LogP contribution < -0.4 is 10.1 Å². The van der Waals surface area contributed by atoms with E-state index in [2.05, 4.69) is 5.32 Å². The molecule has 0 aliphatic heterocycles. The largest absolute Gasteiger partial charge is 0.489 e. The summed E-state index contributed by atoms with van der Waals surface area (Å²) in [6.45, 7) is 0.642. The summed E-state index contributed by atoms with van der Waals surface area (Å²) in [5.41, 5.74) is 2.73. The smallest absolute Gasteiger partial charge is 0.328 e. The summed E-state index contributed by atoms with van der Waals surface area (Å²) in [6, 6.07) is 28.7. The maximum atomic E-state index is 13.1. The lowest BCUT2D eigenvalue weighted by Gasteiger charge is -2.12. The molecule has 0 aromatic heterocycles. The molecule has 1 amide bonds. The highest BCUT2D eigenvalue weighted by Gasteiger charge is 2.12. The third-order valence-corrected chi connectivity index (χ3v) is 5.24. The van der Waals surface area contributed by atoms with Crippen molar-refractivity contribution in [3.8, 4) is 5.75 Å². The van der Waals surface area contributed by atoms with Gasteiger partial charge in [-0.3, -0.25) is 4.79 Å². The average molecular weight is 437 g/mol. The number of carboxylic acid groups (broad SMARTS) is 1. The van der Waals surface area contributed by atoms with Crippen LogP contribution in [-0.4, -0.2) is 17.0 Å². The van der Waals surface area contributed by atoms with Crippen molar-refractivity contribution in [3.05, 3.63) is 119 Å². The second-order valence-electron chi connectivity index (χ2n) is 7.52. The van der Waals surface area contributed by atoms with Crippen molar-refractivity contribution in [2.24, 2.45) is 0 Å². The Kier molecular flexibility index (Phi) is 6.81. The van der Waals surface area contributed by atoms with Gasteiger partial charge < -0.3 is 15.2 Å². The minimum absolute atomic E-state index is 0.283. The van der Waals surface area contributed by atoms with Crippen molar-refractivity contribution < 1.29 is 19.4 Å². The number of carboxylic acids is 1. The lowest BCUT2D eigenvalue weighted by Crippen LogP contribution is -2.24. The third-order valence-electron chi connectivity index (χ3n) is 5.24. The number of aliphatic carboxylic acids is 1. The molecule has 0 aliphatic rings. The number of amides is 1. The first-order chi connectivity index (χ1) is 16.1. The molecule has 0 fully saturated rings. The van der Waals surface area contributed by atoms with Crippen LogP contribution in [0, 0.1) is 0 Å². The summed E-state index contributed by atoms with van der Waals surface area (Å²) in [5, 5.41) is 14.2. The van der Waals surface area contributed by atoms with Crippen LogP contribution in [0.1, 0.15) is 27.0 Å². The third kappa shape index (κ3) is 5.66. The fourth-order valence-corrected chi connectivity index (χ4v) is 3.60. The molecule has 5 nitrogen and oxygen atoms in total. The van der Waals surface area contributed by atoms with Crippen LogP contribution in [-0.2, 0) is 17.9 Å². The highest BCUT2D eigenvalue weighted by atomic mass is 16.5. The number of carbonyl (C=O) groups excluding carboxylic acids is 1. The number of carbonyl (C=O) groups is 2. The Morgan fingerprint density at radius 1 is 0.879 bits per heavy atom. The molecule has 0 atom stereocenters. The molecular weight excluding hydrogens is 414 g/mol. The molecule has 0 heterocycles. The predicted octanol–water partition coefficient (Wildman–Crippen LogP) is 5.45. The Labute approximate surface area is 192 Å². The summed E-state index contributed by atoms with van der Waals surface area (Å²) in [5.74, 6) is -0.627. The first-order valence-electron chi connectivity index (χ1n) is 10.6. The average Bonchev–Trinajstić information content (AvgIpc) is 2.85. The molecule has 4 aromatic rings. The maximum Gasteiger partial charge on any atom is 0.328 e. The van der Waals surface area contributed by atoms with Crippen LogP contribution >= 0.6 is 0 Å². The van der Waals surface area contributed by atoms with Gasteiger partial charge in [-0.1, -0.05) is 72.8 Å². The lowest BCUT2D eigenvalue weighted by atomic mass is 10.0. The molecule has 0 radical (unpaired) electrons. The molecular formula is C28H23NO4. The van der Waals surface area contributed by atoms with Gasteiger partial charge in [-0.2, -0.15) is 0 Å². The van der Waals surface area contributed by atoms with Gasteiger partial charge in [0.2, 0.25) is 0 Å². The second-order valence-corrected chi connectivity index (χ2v) is 7.52. The molecule has 0 unspecified atom stereocenters. The Morgan fingerprint density at radius 2 is 1.64 bits per heavy atom. The van der Waals surface area contributed by atoms with Crippen molar-refractivity contribution >= 4 is 28.7 Å². The van der Waals surface area contributed by atoms with Gasteiger partial charge in [0.05, 0.1) is 0 Å². The number of para-hydroxylation sites is 1. The van der Waals surface area contributed by atoms with Crippen LogP contribution in [0.15, 0.2) is 97.1 Å². The highest BCUT2D eigenvalue weighted by Crippen LogP contribution is 2.20. The highest BCUT2D eigenvalue weighted by molar-refractivity contribution is 5.99. The van der Waals surface area contributed by atoms with E-state index in [9.17, 15) is 9.59 Å². The zero-order valence-corrected chi connectivity index (χ0v) is 17.9. The molecule has 0 bridgehead atoms. The fraction of sp³-hybridized carbons (Fsp3) is 0.0714. The number of ether oxygens (including phenoxy) is 1. The standard InChI is InChI=1S/C28H23NO4/c30-27(31)16-15-22-14-13-20(19-33-24-10-2-1-3-11-24)17-26(22)28(32)29-18-23-9-6-8-21-7-4-5-12-25(21)23/h1-17H,18-19H2,(H,29,32)(H,30,31). The summed E-state index contributed by atoms with van der Waals surface area (Å²) in [6.07, 6.45) is 2.45. The monoisotopic (exact) mass is 437 g/mol. The van der Waals surface area contributed by atoms with Gasteiger partial charge in [-0.25, -0.2) is 4.79 Å². The molecule has 0 saturated carbocycles. The van der Waals surface area contributed by atoms with Crippen LogP contribution in [0.25, 0.3) is 16.8 Å². The Bertz CT molecular complexity index is 1310. The van der Waals surface area contributed by atoms with Gasteiger partial charge >= 0.3 is 5.97 Å². The van der Waals surface area contributed by atoms with E-state index in [-0.39, 0.29) is 12.5 Å². The van der Waals surface area contributed by atoms with Gasteiger partial charge in [0.15, 0.2) is 0 Å². The number of fused-ring (bicyclic) bond motifs is 1. The number of nitrogens with one attached hydrogen (secondary N) is 1. The van der Waals surface area contributed by atoms with Crippen LogP contribution in [0.3, 0.4) is 0 Å². The van der Waals surface area contributed by atoms with Crippen LogP contribution in [0.2, 0.25) is 0 Å². The van der Waals surface area contributed by atoms with Crippen molar-refractivity contribution in [1.29, 1.82) is 0 Å². The van der Waals surface area contributed by atoms with E-state index < -0.39 is 5.97 Å². The number of hydrogen-bond acceptors (Lipinski definition) is 3. The summed E-state index contributed by atoms with van der Waals surface area (Å²) < 4.78 is 5.80. The molecule has 33 heavy (non-hydrogen) atoms. The molecule has 2 N–H and O–H groups in total. The number of rotatable bonds is 8. The first kappa shape index (κ1) is 21.8. The summed E-state index contributed by atoms with van der Waals surface area (Å²) in [7, 11) is 0. The van der Waals surface area contributed by atoms with Gasteiger partial charge in [-0.05, 0) is 51.7 Å². The SMILES string of the molecule is O=C(O)C=Cc1ccc(COc2ccccc2)cc1C(=O)NCc1cccc2ccccc12. The van der Waals surface area contributed by atoms with Crippen molar-refractivity contribution in [3.63, 3.8) is 0 Å². The van der Waals surface area contributed by atoms with E-state index in [0.717, 1.165) is 33.7 Å². The zero-order valence-electron chi connectivity index (χ0n) is 17.9. The Balaban J connectivity index is 1.55. The normalized spacial score (nSPS) is 10.9. The maximum absolute atomic E-state index is 13.1. The Morgan fingerprint density at radius 3 is 2.45 bits per heavy atom. The predicted molar refractivity (Wildman–Crippen MR) is 129 cm³/mol. The van der Waals surface area contributed by atoms with Crippen LogP contribution in [0.4, 0.5) is 0 Å². The molecule has 0 aliphatic carbocycles. The molecule has 4 aromatic carbocycles. The van der Waals surface area contributed by atoms with Gasteiger partial charge in [0.1, 0.15) is 12.4 Å². The zero-order chi connectivity index (χ0) is 23.0. The number of benzene rings is 4. The van der Waals surface area contributed by atoms with Gasteiger partial charge in [0.25, 0.3) is 5.91 Å². The topological polar surface area (TPSA) is 75.6 Å². The van der Waals surface area contributed by atoms with E-state index >= 15 is 0 Å². The lowest BCUT2D eigenvalue weighted by molar-refractivity contribution is -0.131. The molecule has 0 saturated heterocycles. The van der Waals surface area contributed by atoms with Gasteiger partial charge in [0, 0.05) is 18.2 Å². The van der Waals surface area contributed by atoms with Crippen molar-refractivity contribution in [1.82, 2.24) is 5.32 Å². The summed E-state index contributed by atoms with van der Waals surface area (Å²) >= 11 is 0. The molecule has 164 valence electrons. The first-order valence-corrected chi connectivity index (χ1v) is 10.6. The molecule has 4 rings (SSSR count). The quantitative estimate of drug-likeness (QED) is 0.360. The van der Waals surface area contributed by atoms with E-state index in [0.29, 0.717) is 17.7 Å². The minimum Gasteiger partial charge on any atom is -0.489 e. The summed E-state index contributed by atoms with van der Waals surface area (Å²) in [4.78, 5) is 24.1. The number of hydrogen-bond donors (Lipinski definition) is 2. The minimum atomic E-state index is -1.08. The van der Waals surface area contributed by atoms with E-state index in [1.54, 1.807) is 12.1 Å². The van der Waals surface area contributed by atoms with Crippen molar-refractivity contribution in [2.45, 2.75) is 13.2 Å².